The van der Waals surface area contributed by atoms with Gasteiger partial charge in [0.2, 0.25) is 0 Å². The fourth-order valence-corrected chi connectivity index (χ4v) is 1.40. The molecule has 7 heteroatoms. The van der Waals surface area contributed by atoms with Gasteiger partial charge in [-0.1, -0.05) is 11.6 Å². The molecule has 0 unspecified atom stereocenters. The summed E-state index contributed by atoms with van der Waals surface area (Å²) in [5, 5.41) is 29.2. The lowest BCUT2D eigenvalue weighted by atomic mass is 10.0. The number of aliphatic hydroxyl groups is 3. The number of carbonyl (C=O) groups is 1. The highest BCUT2D eigenvalue weighted by atomic mass is 35.5. The minimum atomic E-state index is -1.53. The molecule has 1 aromatic rings. The van der Waals surface area contributed by atoms with Crippen molar-refractivity contribution in [3.8, 4) is 0 Å². The number of amides is 1. The molecule has 0 spiro atoms. The van der Waals surface area contributed by atoms with Gasteiger partial charge >= 0.3 is 0 Å². The minimum absolute atomic E-state index is 0.0566. The first-order chi connectivity index (χ1) is 8.48. The lowest BCUT2D eigenvalue weighted by Crippen LogP contribution is -2.57. The first-order valence-electron chi connectivity index (χ1n) is 5.08. The Hall–Kier alpha value is -1.21. The molecular weight excluding hydrogens is 265 g/mol. The molecule has 0 aliphatic carbocycles. The smallest absolute Gasteiger partial charge is 0.252 e. The van der Waals surface area contributed by atoms with Crippen molar-refractivity contribution in [2.24, 2.45) is 0 Å². The number of hydrogen-bond donors (Lipinski definition) is 4. The van der Waals surface area contributed by atoms with Crippen molar-refractivity contribution < 1.29 is 24.5 Å². The van der Waals surface area contributed by atoms with E-state index in [9.17, 15) is 9.18 Å². The lowest BCUT2D eigenvalue weighted by molar-refractivity contribution is 0.0375. The van der Waals surface area contributed by atoms with Gasteiger partial charge < -0.3 is 20.6 Å². The van der Waals surface area contributed by atoms with Gasteiger partial charge in [0.05, 0.1) is 24.8 Å². The standard InChI is InChI=1S/C11H13ClFNO4/c12-8-3-7(1-2-9(8)13)10(18)14-11(4-15,5-16)6-17/h1-3,15-17H,4-6H2,(H,14,18). The van der Waals surface area contributed by atoms with E-state index >= 15 is 0 Å². The number of rotatable bonds is 5. The van der Waals surface area contributed by atoms with Crippen LogP contribution in [-0.4, -0.2) is 46.6 Å². The van der Waals surface area contributed by atoms with Crippen LogP contribution in [-0.2, 0) is 0 Å². The van der Waals surface area contributed by atoms with Crippen LogP contribution in [0.2, 0.25) is 5.02 Å². The van der Waals surface area contributed by atoms with Gasteiger partial charge in [0.15, 0.2) is 0 Å². The molecule has 0 aliphatic heterocycles. The van der Waals surface area contributed by atoms with Crippen LogP contribution in [0.4, 0.5) is 4.39 Å². The largest absolute Gasteiger partial charge is 0.394 e. The fraction of sp³-hybridized carbons (Fsp3) is 0.364. The maximum atomic E-state index is 12.9. The van der Waals surface area contributed by atoms with E-state index in [2.05, 4.69) is 5.32 Å². The van der Waals surface area contributed by atoms with Gasteiger partial charge in [-0.15, -0.1) is 0 Å². The summed E-state index contributed by atoms with van der Waals surface area (Å²) in [6, 6.07) is 3.34. The lowest BCUT2D eigenvalue weighted by Gasteiger charge is -2.28. The third-order valence-corrected chi connectivity index (χ3v) is 2.76. The first kappa shape index (κ1) is 14.8. The quantitative estimate of drug-likeness (QED) is 0.606. The Labute approximate surface area is 108 Å². The Bertz CT molecular complexity index is 429. The van der Waals surface area contributed by atoms with E-state index in [4.69, 9.17) is 26.9 Å². The van der Waals surface area contributed by atoms with Crippen LogP contribution >= 0.6 is 11.6 Å². The van der Waals surface area contributed by atoms with Crippen molar-refractivity contribution in [1.82, 2.24) is 5.32 Å². The van der Waals surface area contributed by atoms with Crippen molar-refractivity contribution in [2.75, 3.05) is 19.8 Å². The molecule has 0 radical (unpaired) electrons. The number of nitrogens with one attached hydrogen (secondary N) is 1. The van der Waals surface area contributed by atoms with Gasteiger partial charge in [-0.2, -0.15) is 0 Å². The van der Waals surface area contributed by atoms with Crippen LogP contribution in [0.5, 0.6) is 0 Å². The zero-order valence-corrected chi connectivity index (χ0v) is 10.1. The first-order valence-corrected chi connectivity index (χ1v) is 5.46. The van der Waals surface area contributed by atoms with Gasteiger partial charge in [-0.3, -0.25) is 4.79 Å². The summed E-state index contributed by atoms with van der Waals surface area (Å²) in [6.45, 7) is -1.91. The Morgan fingerprint density at radius 1 is 1.28 bits per heavy atom. The van der Waals surface area contributed by atoms with Crippen LogP contribution in [0, 0.1) is 5.82 Å². The second-order valence-electron chi connectivity index (χ2n) is 3.84. The molecule has 4 N–H and O–H groups in total. The molecule has 100 valence electrons. The second kappa shape index (κ2) is 6.10. The predicted molar refractivity (Wildman–Crippen MR) is 62.9 cm³/mol. The SMILES string of the molecule is O=C(NC(CO)(CO)CO)c1ccc(F)c(Cl)c1. The Morgan fingerprint density at radius 3 is 2.28 bits per heavy atom. The summed E-state index contributed by atoms with van der Waals surface area (Å²) in [4.78, 5) is 11.8. The predicted octanol–water partition coefficient (Wildman–Crippen LogP) is -0.0754. The number of benzene rings is 1. The maximum absolute atomic E-state index is 12.9. The molecule has 0 atom stereocenters. The highest BCUT2D eigenvalue weighted by Crippen LogP contribution is 2.16. The van der Waals surface area contributed by atoms with E-state index in [1.165, 1.54) is 6.07 Å². The van der Waals surface area contributed by atoms with Crippen LogP contribution < -0.4 is 5.32 Å². The Balaban J connectivity index is 2.90. The number of aliphatic hydroxyl groups excluding tert-OH is 3. The maximum Gasteiger partial charge on any atom is 0.252 e. The summed E-state index contributed by atoms with van der Waals surface area (Å²) in [5.74, 6) is -1.35. The highest BCUT2D eigenvalue weighted by molar-refractivity contribution is 6.31. The van der Waals surface area contributed by atoms with E-state index in [0.29, 0.717) is 0 Å². The molecule has 1 aromatic carbocycles. The van der Waals surface area contributed by atoms with E-state index in [1.54, 1.807) is 0 Å². The van der Waals surface area contributed by atoms with Gasteiger partial charge in [-0.05, 0) is 18.2 Å². The van der Waals surface area contributed by atoms with Gasteiger partial charge in [0.25, 0.3) is 5.91 Å². The monoisotopic (exact) mass is 277 g/mol. The van der Waals surface area contributed by atoms with Crippen molar-refractivity contribution in [3.05, 3.63) is 34.6 Å². The molecule has 0 fully saturated rings. The fourth-order valence-electron chi connectivity index (χ4n) is 1.22. The Kier molecular flexibility index (Phi) is 5.03. The van der Waals surface area contributed by atoms with Crippen LogP contribution in [0.15, 0.2) is 18.2 Å². The summed E-state index contributed by atoms with van der Waals surface area (Å²) < 4.78 is 12.9. The number of carbonyl (C=O) groups excluding carboxylic acids is 1. The summed E-state index contributed by atoms with van der Waals surface area (Å²) >= 11 is 5.53. The normalized spacial score (nSPS) is 11.4. The van der Waals surface area contributed by atoms with Gasteiger partial charge in [0, 0.05) is 5.56 Å². The zero-order chi connectivity index (χ0) is 13.8. The molecule has 0 saturated heterocycles. The Morgan fingerprint density at radius 2 is 1.83 bits per heavy atom. The minimum Gasteiger partial charge on any atom is -0.394 e. The molecule has 18 heavy (non-hydrogen) atoms. The molecule has 0 bridgehead atoms. The van der Waals surface area contributed by atoms with Crippen molar-refractivity contribution in [3.63, 3.8) is 0 Å². The molecular formula is C11H13ClFNO4. The molecule has 5 nitrogen and oxygen atoms in total. The number of halogens is 2. The van der Waals surface area contributed by atoms with Crippen LogP contribution in [0.25, 0.3) is 0 Å². The molecule has 1 amide bonds. The van der Waals surface area contributed by atoms with Gasteiger partial charge in [-0.25, -0.2) is 4.39 Å². The van der Waals surface area contributed by atoms with E-state index in [-0.39, 0.29) is 10.6 Å². The average Bonchev–Trinajstić information content (AvgIpc) is 2.39. The van der Waals surface area contributed by atoms with E-state index < -0.39 is 37.1 Å². The summed E-state index contributed by atoms with van der Waals surface area (Å²) in [5.41, 5.74) is -1.47. The van der Waals surface area contributed by atoms with Crippen molar-refractivity contribution in [1.29, 1.82) is 0 Å². The van der Waals surface area contributed by atoms with E-state index in [1.807, 2.05) is 0 Å². The molecule has 0 aliphatic rings. The summed E-state index contributed by atoms with van der Waals surface area (Å²) in [7, 11) is 0. The summed E-state index contributed by atoms with van der Waals surface area (Å²) in [6.07, 6.45) is 0. The molecule has 0 saturated carbocycles. The van der Waals surface area contributed by atoms with Gasteiger partial charge in [0.1, 0.15) is 11.4 Å². The molecule has 0 aromatic heterocycles. The average molecular weight is 278 g/mol. The third-order valence-electron chi connectivity index (χ3n) is 2.47. The van der Waals surface area contributed by atoms with E-state index in [0.717, 1.165) is 12.1 Å². The highest BCUT2D eigenvalue weighted by Gasteiger charge is 2.30. The van der Waals surface area contributed by atoms with Crippen molar-refractivity contribution >= 4 is 17.5 Å². The molecule has 0 heterocycles. The zero-order valence-electron chi connectivity index (χ0n) is 9.36. The number of hydrogen-bond acceptors (Lipinski definition) is 4. The van der Waals surface area contributed by atoms with Crippen molar-refractivity contribution in [2.45, 2.75) is 5.54 Å². The topological polar surface area (TPSA) is 89.8 Å². The molecule has 1 rings (SSSR count). The third kappa shape index (κ3) is 3.17. The van der Waals surface area contributed by atoms with Crippen LogP contribution in [0.3, 0.4) is 0 Å². The second-order valence-corrected chi connectivity index (χ2v) is 4.24. The van der Waals surface area contributed by atoms with Crippen LogP contribution in [0.1, 0.15) is 10.4 Å².